The van der Waals surface area contributed by atoms with E-state index in [9.17, 15) is 19.2 Å². The predicted octanol–water partition coefficient (Wildman–Crippen LogP) is -2.20. The first kappa shape index (κ1) is 13.2. The van der Waals surface area contributed by atoms with Crippen molar-refractivity contribution in [3.63, 3.8) is 0 Å². The number of carbonyl (C=O) groups excluding carboxylic acids is 4. The standard InChI is InChI=1S/C6H8N4O6/c7-5(13)9-15-3(11)1-2-4(12)16-10-6(8)14/h1-2H,(H3,7,9,13)(H3,8,10,14). The molecule has 16 heavy (non-hydrogen) atoms. The Hall–Kier alpha value is -2.78. The van der Waals surface area contributed by atoms with Crippen molar-refractivity contribution in [2.75, 3.05) is 0 Å². The highest BCUT2D eigenvalue weighted by Crippen LogP contribution is 1.81. The van der Waals surface area contributed by atoms with Gasteiger partial charge in [-0.05, 0) is 0 Å². The van der Waals surface area contributed by atoms with E-state index in [0.29, 0.717) is 12.2 Å². The molecule has 0 bridgehead atoms. The summed E-state index contributed by atoms with van der Waals surface area (Å²) in [6.07, 6.45) is 1.25. The van der Waals surface area contributed by atoms with Gasteiger partial charge in [-0.25, -0.2) is 19.2 Å². The number of hydrogen-bond acceptors (Lipinski definition) is 6. The molecule has 88 valence electrons. The highest BCUT2D eigenvalue weighted by atomic mass is 16.7. The molecule has 0 saturated heterocycles. The fourth-order valence-electron chi connectivity index (χ4n) is 0.405. The molecule has 0 spiro atoms. The smallest absolute Gasteiger partial charge is 0.349 e. The topological polar surface area (TPSA) is 163 Å². The molecule has 0 unspecified atom stereocenters. The van der Waals surface area contributed by atoms with E-state index in [1.54, 1.807) is 0 Å². The van der Waals surface area contributed by atoms with Gasteiger partial charge in [0.25, 0.3) is 0 Å². The molecule has 0 aromatic rings. The number of nitrogens with one attached hydrogen (secondary N) is 2. The lowest BCUT2D eigenvalue weighted by Crippen LogP contribution is -2.32. The van der Waals surface area contributed by atoms with E-state index in [0.717, 1.165) is 0 Å². The zero-order chi connectivity index (χ0) is 12.6. The summed E-state index contributed by atoms with van der Waals surface area (Å²) in [4.78, 5) is 49.6. The quantitative estimate of drug-likeness (QED) is 0.311. The van der Waals surface area contributed by atoms with Crippen LogP contribution in [0.1, 0.15) is 0 Å². The van der Waals surface area contributed by atoms with Crippen LogP contribution >= 0.6 is 0 Å². The highest BCUT2D eigenvalue weighted by Gasteiger charge is 2.03. The first-order valence-electron chi connectivity index (χ1n) is 3.62. The van der Waals surface area contributed by atoms with Crippen molar-refractivity contribution in [1.29, 1.82) is 0 Å². The highest BCUT2D eigenvalue weighted by molar-refractivity contribution is 5.92. The van der Waals surface area contributed by atoms with Crippen LogP contribution in [0.4, 0.5) is 9.59 Å². The van der Waals surface area contributed by atoms with E-state index < -0.39 is 24.0 Å². The summed E-state index contributed by atoms with van der Waals surface area (Å²) in [7, 11) is 0. The maximum absolute atomic E-state index is 10.7. The Bertz CT molecular complexity index is 306. The number of nitrogens with two attached hydrogens (primary N) is 2. The van der Waals surface area contributed by atoms with Gasteiger partial charge in [0.1, 0.15) is 0 Å². The van der Waals surface area contributed by atoms with Crippen LogP contribution in [-0.2, 0) is 19.3 Å². The lowest BCUT2D eigenvalue weighted by atomic mass is 10.5. The number of primary amides is 2. The fourth-order valence-corrected chi connectivity index (χ4v) is 0.405. The molecule has 0 aromatic carbocycles. The summed E-state index contributed by atoms with van der Waals surface area (Å²) in [5.41, 5.74) is 12.2. The minimum Gasteiger partial charge on any atom is -0.349 e. The third-order valence-electron chi connectivity index (χ3n) is 0.860. The zero-order valence-corrected chi connectivity index (χ0v) is 7.76. The predicted molar refractivity (Wildman–Crippen MR) is 46.8 cm³/mol. The second-order valence-corrected chi connectivity index (χ2v) is 2.11. The lowest BCUT2D eigenvalue weighted by Gasteiger charge is -1.99. The average molecular weight is 232 g/mol. The molecule has 0 aromatic heterocycles. The Balaban J connectivity index is 3.88. The molecule has 0 radical (unpaired) electrons. The van der Waals surface area contributed by atoms with Crippen molar-refractivity contribution in [2.45, 2.75) is 0 Å². The maximum atomic E-state index is 10.7. The van der Waals surface area contributed by atoms with Crippen molar-refractivity contribution in [3.8, 4) is 0 Å². The summed E-state index contributed by atoms with van der Waals surface area (Å²) in [5.74, 6) is -2.15. The lowest BCUT2D eigenvalue weighted by molar-refractivity contribution is -0.145. The van der Waals surface area contributed by atoms with Crippen LogP contribution in [0.5, 0.6) is 0 Å². The van der Waals surface area contributed by atoms with Crippen LogP contribution in [0.15, 0.2) is 12.2 Å². The molecule has 0 aliphatic heterocycles. The third-order valence-corrected chi connectivity index (χ3v) is 0.860. The molecule has 0 fully saturated rings. The van der Waals surface area contributed by atoms with E-state index in [1.165, 1.54) is 11.0 Å². The number of hydrogen-bond donors (Lipinski definition) is 4. The van der Waals surface area contributed by atoms with Gasteiger partial charge >= 0.3 is 24.0 Å². The van der Waals surface area contributed by atoms with Crippen molar-refractivity contribution in [2.24, 2.45) is 11.5 Å². The zero-order valence-electron chi connectivity index (χ0n) is 7.76. The van der Waals surface area contributed by atoms with E-state index >= 15 is 0 Å². The number of amides is 4. The van der Waals surface area contributed by atoms with E-state index in [1.807, 2.05) is 0 Å². The third kappa shape index (κ3) is 7.85. The molecule has 10 nitrogen and oxygen atoms in total. The Morgan fingerprint density at radius 3 is 1.38 bits per heavy atom. The monoisotopic (exact) mass is 232 g/mol. The van der Waals surface area contributed by atoms with Crippen molar-refractivity contribution in [3.05, 3.63) is 12.2 Å². The Kier molecular flexibility index (Phi) is 5.49. The molecule has 0 rings (SSSR count). The Morgan fingerprint density at radius 1 is 0.812 bits per heavy atom. The summed E-state index contributed by atoms with van der Waals surface area (Å²) in [6.45, 7) is 0. The van der Waals surface area contributed by atoms with Crippen molar-refractivity contribution >= 4 is 24.0 Å². The van der Waals surface area contributed by atoms with Crippen LogP contribution in [0.2, 0.25) is 0 Å². The van der Waals surface area contributed by atoms with Gasteiger partial charge in [-0.1, -0.05) is 0 Å². The minimum atomic E-state index is -1.08. The van der Waals surface area contributed by atoms with E-state index in [-0.39, 0.29) is 0 Å². The van der Waals surface area contributed by atoms with Crippen LogP contribution < -0.4 is 22.4 Å². The van der Waals surface area contributed by atoms with Crippen LogP contribution in [0, 0.1) is 0 Å². The molecule has 6 N–H and O–H groups in total. The summed E-state index contributed by atoms with van der Waals surface area (Å²) in [6, 6.07) is -2.17. The second kappa shape index (κ2) is 6.64. The second-order valence-electron chi connectivity index (χ2n) is 2.11. The van der Waals surface area contributed by atoms with Gasteiger partial charge in [0.2, 0.25) is 0 Å². The number of carbonyl (C=O) groups is 4. The molecular weight excluding hydrogens is 224 g/mol. The molecule has 0 saturated carbocycles. The molecule has 0 heterocycles. The van der Waals surface area contributed by atoms with Gasteiger partial charge in [0.15, 0.2) is 0 Å². The van der Waals surface area contributed by atoms with Gasteiger partial charge in [0.05, 0.1) is 0 Å². The van der Waals surface area contributed by atoms with Crippen LogP contribution in [0.3, 0.4) is 0 Å². The van der Waals surface area contributed by atoms with Gasteiger partial charge in [0, 0.05) is 12.2 Å². The fraction of sp³-hybridized carbons (Fsp3) is 0. The van der Waals surface area contributed by atoms with Crippen molar-refractivity contribution < 1.29 is 28.9 Å². The van der Waals surface area contributed by atoms with Crippen LogP contribution in [-0.4, -0.2) is 24.0 Å². The van der Waals surface area contributed by atoms with Gasteiger partial charge in [-0.3, -0.25) is 0 Å². The summed E-state index contributed by atoms with van der Waals surface area (Å²) >= 11 is 0. The Morgan fingerprint density at radius 2 is 1.12 bits per heavy atom. The average Bonchev–Trinajstić information content (AvgIpc) is 2.20. The molecule has 0 atom stereocenters. The molecule has 0 aliphatic rings. The SMILES string of the molecule is NC(=O)NOC(=O)C=CC(=O)ONC(N)=O. The first-order chi connectivity index (χ1) is 7.41. The molecule has 0 aliphatic carbocycles. The summed E-state index contributed by atoms with van der Waals surface area (Å²) < 4.78 is 0. The molecule has 4 amide bonds. The van der Waals surface area contributed by atoms with Gasteiger partial charge < -0.3 is 21.1 Å². The Labute approximate surface area is 88.4 Å². The minimum absolute atomic E-state index is 0.626. The van der Waals surface area contributed by atoms with Crippen molar-refractivity contribution in [1.82, 2.24) is 11.0 Å². The maximum Gasteiger partial charge on any atom is 0.356 e. The van der Waals surface area contributed by atoms with Gasteiger partial charge in [-0.15, -0.1) is 0 Å². The number of urea groups is 2. The first-order valence-corrected chi connectivity index (χ1v) is 3.62. The van der Waals surface area contributed by atoms with Gasteiger partial charge in [-0.2, -0.15) is 11.0 Å². The molecule has 10 heteroatoms. The summed E-state index contributed by atoms with van der Waals surface area (Å²) in [5, 5.41) is 0. The normalized spacial score (nSPS) is 9.25. The number of hydroxylamine groups is 2. The van der Waals surface area contributed by atoms with Crippen LogP contribution in [0.25, 0.3) is 0 Å². The number of rotatable bonds is 2. The van der Waals surface area contributed by atoms with E-state index in [2.05, 4.69) is 21.1 Å². The van der Waals surface area contributed by atoms with E-state index in [4.69, 9.17) is 0 Å². The molecular formula is C6H8N4O6. The largest absolute Gasteiger partial charge is 0.356 e.